The molecule has 2 aromatic carbocycles. The minimum atomic E-state index is -0.340. The summed E-state index contributed by atoms with van der Waals surface area (Å²) in [6.45, 7) is 2.72. The zero-order valence-electron chi connectivity index (χ0n) is 12.8. The van der Waals surface area contributed by atoms with Crippen molar-refractivity contribution in [3.63, 3.8) is 0 Å². The summed E-state index contributed by atoms with van der Waals surface area (Å²) in [5.74, 6) is -0.268. The van der Waals surface area contributed by atoms with Crippen molar-refractivity contribution < 1.29 is 13.9 Å². The Morgan fingerprint density at radius 2 is 2.09 bits per heavy atom. The van der Waals surface area contributed by atoms with Crippen molar-refractivity contribution >= 4 is 22.0 Å². The molecule has 0 saturated heterocycles. The zero-order valence-corrected chi connectivity index (χ0v) is 14.3. The van der Waals surface area contributed by atoms with Crippen LogP contribution in [0.2, 0.25) is 0 Å². The SMILES string of the molecule is CC1c2cc(Br)c(F)cc2CCN1C(=O)OCc1ccccc1. The highest BCUT2D eigenvalue weighted by Crippen LogP contribution is 2.33. The van der Waals surface area contributed by atoms with E-state index in [-0.39, 0.29) is 24.6 Å². The molecule has 1 unspecified atom stereocenters. The molecule has 0 fully saturated rings. The summed E-state index contributed by atoms with van der Waals surface area (Å²) < 4.78 is 19.5. The number of fused-ring (bicyclic) bond motifs is 1. The molecular weight excluding hydrogens is 361 g/mol. The molecule has 23 heavy (non-hydrogen) atoms. The van der Waals surface area contributed by atoms with Gasteiger partial charge in [0.2, 0.25) is 0 Å². The Morgan fingerprint density at radius 1 is 1.35 bits per heavy atom. The molecule has 1 aliphatic rings. The molecule has 0 aliphatic carbocycles. The number of nitrogens with zero attached hydrogens (tertiary/aromatic N) is 1. The van der Waals surface area contributed by atoms with Crippen LogP contribution in [0.15, 0.2) is 46.9 Å². The van der Waals surface area contributed by atoms with Gasteiger partial charge in [0, 0.05) is 6.54 Å². The van der Waals surface area contributed by atoms with Gasteiger partial charge in [-0.1, -0.05) is 30.3 Å². The third-order valence-electron chi connectivity index (χ3n) is 4.16. The molecule has 1 heterocycles. The van der Waals surface area contributed by atoms with Gasteiger partial charge in [-0.05, 0) is 58.1 Å². The Labute approximate surface area is 143 Å². The maximum atomic E-state index is 13.6. The highest BCUT2D eigenvalue weighted by atomic mass is 79.9. The second-order valence-corrected chi connectivity index (χ2v) is 6.48. The van der Waals surface area contributed by atoms with Crippen molar-refractivity contribution in [3.8, 4) is 0 Å². The average Bonchev–Trinajstić information content (AvgIpc) is 2.56. The predicted molar refractivity (Wildman–Crippen MR) is 89.6 cm³/mol. The van der Waals surface area contributed by atoms with Crippen molar-refractivity contribution in [1.29, 1.82) is 0 Å². The van der Waals surface area contributed by atoms with Crippen LogP contribution in [-0.2, 0) is 17.8 Å². The molecule has 0 aromatic heterocycles. The summed E-state index contributed by atoms with van der Waals surface area (Å²) in [7, 11) is 0. The first-order chi connectivity index (χ1) is 11.1. The molecule has 3 nitrogen and oxygen atoms in total. The van der Waals surface area contributed by atoms with Crippen molar-refractivity contribution in [1.82, 2.24) is 4.90 Å². The number of hydrogen-bond donors (Lipinski definition) is 0. The van der Waals surface area contributed by atoms with Gasteiger partial charge in [0.15, 0.2) is 0 Å². The first-order valence-corrected chi connectivity index (χ1v) is 8.30. The van der Waals surface area contributed by atoms with E-state index in [0.717, 1.165) is 16.7 Å². The fourth-order valence-corrected chi connectivity index (χ4v) is 3.22. The van der Waals surface area contributed by atoms with Crippen molar-refractivity contribution in [2.45, 2.75) is 26.0 Å². The Kier molecular flexibility index (Phi) is 4.66. The molecule has 2 aromatic rings. The molecule has 1 aliphatic heterocycles. The van der Waals surface area contributed by atoms with E-state index in [1.54, 1.807) is 17.0 Å². The van der Waals surface area contributed by atoms with Gasteiger partial charge in [-0.15, -0.1) is 0 Å². The maximum Gasteiger partial charge on any atom is 0.410 e. The van der Waals surface area contributed by atoms with Gasteiger partial charge in [0.1, 0.15) is 12.4 Å². The van der Waals surface area contributed by atoms with Crippen LogP contribution < -0.4 is 0 Å². The molecule has 0 saturated carbocycles. The van der Waals surface area contributed by atoms with Crippen LogP contribution in [0.5, 0.6) is 0 Å². The van der Waals surface area contributed by atoms with E-state index >= 15 is 0 Å². The van der Waals surface area contributed by atoms with Gasteiger partial charge in [-0.25, -0.2) is 9.18 Å². The third-order valence-corrected chi connectivity index (χ3v) is 4.77. The largest absolute Gasteiger partial charge is 0.445 e. The van der Waals surface area contributed by atoms with Crippen molar-refractivity contribution in [3.05, 3.63) is 69.4 Å². The second-order valence-electron chi connectivity index (χ2n) is 5.62. The summed E-state index contributed by atoms with van der Waals surface area (Å²) in [5, 5.41) is 0. The van der Waals surface area contributed by atoms with Gasteiger partial charge in [-0.2, -0.15) is 0 Å². The van der Waals surface area contributed by atoms with Crippen LogP contribution in [0.1, 0.15) is 29.7 Å². The second kappa shape index (κ2) is 6.71. The molecule has 3 rings (SSSR count). The molecular formula is C18H17BrFNO2. The lowest BCUT2D eigenvalue weighted by Crippen LogP contribution is -2.39. The molecule has 5 heteroatoms. The van der Waals surface area contributed by atoms with Crippen LogP contribution in [0, 0.1) is 5.82 Å². The van der Waals surface area contributed by atoms with Crippen LogP contribution in [0.3, 0.4) is 0 Å². The van der Waals surface area contributed by atoms with Crippen molar-refractivity contribution in [2.75, 3.05) is 6.54 Å². The maximum absolute atomic E-state index is 13.6. The number of benzene rings is 2. The number of carbonyl (C=O) groups is 1. The first-order valence-electron chi connectivity index (χ1n) is 7.51. The van der Waals surface area contributed by atoms with Crippen LogP contribution in [-0.4, -0.2) is 17.5 Å². The summed E-state index contributed by atoms with van der Waals surface area (Å²) in [5.41, 5.74) is 2.86. The number of ether oxygens (including phenoxy) is 1. The third kappa shape index (κ3) is 3.39. The van der Waals surface area contributed by atoms with Gasteiger partial charge in [0.25, 0.3) is 0 Å². The van der Waals surface area contributed by atoms with E-state index < -0.39 is 0 Å². The quantitative estimate of drug-likeness (QED) is 0.748. The average molecular weight is 378 g/mol. The summed E-state index contributed by atoms with van der Waals surface area (Å²) in [6.07, 6.45) is 0.289. The van der Waals surface area contributed by atoms with E-state index in [2.05, 4.69) is 15.9 Å². The van der Waals surface area contributed by atoms with Crippen LogP contribution >= 0.6 is 15.9 Å². The van der Waals surface area contributed by atoms with Gasteiger partial charge in [0.05, 0.1) is 10.5 Å². The molecule has 120 valence electrons. The highest BCUT2D eigenvalue weighted by molar-refractivity contribution is 9.10. The highest BCUT2D eigenvalue weighted by Gasteiger charge is 2.29. The van der Waals surface area contributed by atoms with Crippen LogP contribution in [0.4, 0.5) is 9.18 Å². The molecule has 0 radical (unpaired) electrons. The summed E-state index contributed by atoms with van der Waals surface area (Å²) >= 11 is 3.21. The lowest BCUT2D eigenvalue weighted by molar-refractivity contribution is 0.0803. The van der Waals surface area contributed by atoms with E-state index in [1.165, 1.54) is 0 Å². The number of carbonyl (C=O) groups excluding carboxylic acids is 1. The lowest BCUT2D eigenvalue weighted by atomic mass is 9.94. The Bertz CT molecular complexity index is 720. The smallest absolute Gasteiger partial charge is 0.410 e. The number of rotatable bonds is 2. The van der Waals surface area contributed by atoms with E-state index in [4.69, 9.17) is 4.74 Å². The van der Waals surface area contributed by atoms with Crippen LogP contribution in [0.25, 0.3) is 0 Å². The predicted octanol–water partition coefficient (Wildman–Crippen LogP) is 4.84. The fourth-order valence-electron chi connectivity index (χ4n) is 2.86. The number of halogens is 2. The fraction of sp³-hybridized carbons (Fsp3) is 0.278. The van der Waals surface area contributed by atoms with Gasteiger partial charge < -0.3 is 9.64 Å². The normalized spacial score (nSPS) is 16.8. The Hall–Kier alpha value is -1.88. The Balaban J connectivity index is 1.71. The van der Waals surface area contributed by atoms with Gasteiger partial charge in [-0.3, -0.25) is 0 Å². The molecule has 1 atom stereocenters. The topological polar surface area (TPSA) is 29.5 Å². The standard InChI is InChI=1S/C18H17BrFNO2/c1-12-15-10-16(19)17(20)9-14(15)7-8-21(12)18(22)23-11-13-5-3-2-4-6-13/h2-6,9-10,12H,7-8,11H2,1H3. The van der Waals surface area contributed by atoms with E-state index in [9.17, 15) is 9.18 Å². The zero-order chi connectivity index (χ0) is 16.4. The first kappa shape index (κ1) is 16.0. The Morgan fingerprint density at radius 3 is 2.83 bits per heavy atom. The minimum Gasteiger partial charge on any atom is -0.445 e. The summed E-state index contributed by atoms with van der Waals surface area (Å²) in [4.78, 5) is 14.1. The summed E-state index contributed by atoms with van der Waals surface area (Å²) in [6, 6.07) is 12.7. The number of hydrogen-bond acceptors (Lipinski definition) is 2. The number of amides is 1. The molecule has 1 amide bonds. The lowest BCUT2D eigenvalue weighted by Gasteiger charge is -2.34. The molecule has 0 bridgehead atoms. The van der Waals surface area contributed by atoms with E-state index in [1.807, 2.05) is 37.3 Å². The van der Waals surface area contributed by atoms with E-state index in [0.29, 0.717) is 17.4 Å². The minimum absolute atomic E-state index is 0.140. The monoisotopic (exact) mass is 377 g/mol. The van der Waals surface area contributed by atoms with Crippen molar-refractivity contribution in [2.24, 2.45) is 0 Å². The molecule has 0 spiro atoms. The van der Waals surface area contributed by atoms with Gasteiger partial charge >= 0.3 is 6.09 Å². The molecule has 0 N–H and O–H groups in total.